The van der Waals surface area contributed by atoms with Crippen LogP contribution in [0.3, 0.4) is 0 Å². The highest BCUT2D eigenvalue weighted by molar-refractivity contribution is 7.86. The van der Waals surface area contributed by atoms with Gasteiger partial charge in [-0.05, 0) is 28.3 Å². The molecule has 0 aliphatic heterocycles. The molecule has 1 N–H and O–H groups in total. The molecule has 0 unspecified atom stereocenters. The second-order valence-electron chi connectivity index (χ2n) is 4.21. The van der Waals surface area contributed by atoms with Crippen molar-refractivity contribution in [1.82, 2.24) is 0 Å². The average molecular weight is 281 g/mol. The smallest absolute Gasteiger partial charge is 0.282 e. The van der Waals surface area contributed by atoms with Crippen LogP contribution in [-0.4, -0.2) is 13.0 Å². The minimum absolute atomic E-state index is 0.0593. The van der Waals surface area contributed by atoms with E-state index in [9.17, 15) is 13.0 Å². The van der Waals surface area contributed by atoms with Crippen molar-refractivity contribution in [3.05, 3.63) is 52.5 Å². The maximum Gasteiger partial charge on any atom is 0.296 e. The van der Waals surface area contributed by atoms with Crippen LogP contribution in [0, 0.1) is 0 Å². The Bertz CT molecular complexity index is 751. The number of benzene rings is 2. The summed E-state index contributed by atoms with van der Waals surface area (Å²) in [5.41, 5.74) is 3.43. The third-order valence-corrected chi connectivity index (χ3v) is 4.55. The Kier molecular flexibility index (Phi) is 2.48. The summed E-state index contributed by atoms with van der Waals surface area (Å²) in [6.07, 6.45) is 0.473. The van der Waals surface area contributed by atoms with E-state index in [0.29, 0.717) is 12.0 Å². The fourth-order valence-electron chi connectivity index (χ4n) is 2.43. The van der Waals surface area contributed by atoms with Gasteiger partial charge in [-0.1, -0.05) is 41.9 Å². The van der Waals surface area contributed by atoms with E-state index in [1.165, 1.54) is 6.07 Å². The molecule has 0 aromatic heterocycles. The van der Waals surface area contributed by atoms with Crippen LogP contribution in [0.2, 0.25) is 5.02 Å². The molecule has 0 atom stereocenters. The van der Waals surface area contributed by atoms with E-state index in [0.717, 1.165) is 16.7 Å². The van der Waals surface area contributed by atoms with Gasteiger partial charge in [0, 0.05) is 6.42 Å². The van der Waals surface area contributed by atoms with Gasteiger partial charge in [0.25, 0.3) is 10.1 Å². The fraction of sp³-hybridized carbons (Fsp3) is 0.0769. The van der Waals surface area contributed by atoms with Crippen molar-refractivity contribution >= 4 is 21.7 Å². The van der Waals surface area contributed by atoms with E-state index >= 15 is 0 Å². The van der Waals surface area contributed by atoms with Crippen LogP contribution >= 0.6 is 11.6 Å². The van der Waals surface area contributed by atoms with Gasteiger partial charge in [-0.25, -0.2) is 0 Å². The highest BCUT2D eigenvalue weighted by atomic mass is 35.5. The zero-order valence-electron chi connectivity index (χ0n) is 9.22. The van der Waals surface area contributed by atoms with Crippen molar-refractivity contribution < 1.29 is 13.0 Å². The molecule has 0 radical (unpaired) electrons. The predicted octanol–water partition coefficient (Wildman–Crippen LogP) is 3.16. The summed E-state index contributed by atoms with van der Waals surface area (Å²) < 4.78 is 32.2. The van der Waals surface area contributed by atoms with Crippen LogP contribution in [0.15, 0.2) is 41.3 Å². The summed E-state index contributed by atoms with van der Waals surface area (Å²) >= 11 is 5.90. The summed E-state index contributed by atoms with van der Waals surface area (Å²) in [4.78, 5) is -0.169. The SMILES string of the molecule is O=S(=O)(O)c1c(Cl)ccc2c1Cc1ccccc1-2. The zero-order valence-corrected chi connectivity index (χ0v) is 10.8. The maximum atomic E-state index is 11.4. The van der Waals surface area contributed by atoms with Crippen LogP contribution in [0.5, 0.6) is 0 Å². The van der Waals surface area contributed by atoms with Crippen molar-refractivity contribution in [3.8, 4) is 11.1 Å². The third kappa shape index (κ3) is 1.65. The van der Waals surface area contributed by atoms with Gasteiger partial charge >= 0.3 is 0 Å². The Morgan fingerprint density at radius 1 is 1.06 bits per heavy atom. The molecule has 1 aliphatic rings. The molecule has 0 fully saturated rings. The molecule has 2 aromatic carbocycles. The summed E-state index contributed by atoms with van der Waals surface area (Å²) in [6, 6.07) is 11.0. The van der Waals surface area contributed by atoms with Gasteiger partial charge in [0.15, 0.2) is 0 Å². The molecule has 0 spiro atoms. The van der Waals surface area contributed by atoms with Crippen LogP contribution in [0.1, 0.15) is 11.1 Å². The van der Waals surface area contributed by atoms with Crippen molar-refractivity contribution in [2.45, 2.75) is 11.3 Å². The minimum atomic E-state index is -4.31. The Hall–Kier alpha value is -1.36. The summed E-state index contributed by atoms with van der Waals surface area (Å²) in [7, 11) is -4.31. The van der Waals surface area contributed by atoms with Crippen molar-refractivity contribution in [3.63, 3.8) is 0 Å². The van der Waals surface area contributed by atoms with E-state index in [4.69, 9.17) is 11.6 Å². The second-order valence-corrected chi connectivity index (χ2v) is 5.98. The lowest BCUT2D eigenvalue weighted by Crippen LogP contribution is -2.03. The van der Waals surface area contributed by atoms with Crippen molar-refractivity contribution in [2.24, 2.45) is 0 Å². The molecule has 3 rings (SSSR count). The van der Waals surface area contributed by atoms with Gasteiger partial charge in [-0.3, -0.25) is 4.55 Å². The molecular formula is C13H9ClO3S. The third-order valence-electron chi connectivity index (χ3n) is 3.15. The van der Waals surface area contributed by atoms with E-state index in [2.05, 4.69) is 0 Å². The maximum absolute atomic E-state index is 11.4. The monoisotopic (exact) mass is 280 g/mol. The highest BCUT2D eigenvalue weighted by Crippen LogP contribution is 2.41. The van der Waals surface area contributed by atoms with Crippen molar-refractivity contribution in [1.29, 1.82) is 0 Å². The van der Waals surface area contributed by atoms with Gasteiger partial charge < -0.3 is 0 Å². The first-order valence-corrected chi connectivity index (χ1v) is 7.17. The molecule has 1 aliphatic carbocycles. The fourth-order valence-corrected chi connectivity index (χ4v) is 3.71. The second kappa shape index (κ2) is 3.82. The molecule has 0 heterocycles. The molecule has 92 valence electrons. The van der Waals surface area contributed by atoms with Crippen molar-refractivity contribution in [2.75, 3.05) is 0 Å². The lowest BCUT2D eigenvalue weighted by atomic mass is 10.1. The van der Waals surface area contributed by atoms with Gasteiger partial charge in [0.2, 0.25) is 0 Å². The largest absolute Gasteiger partial charge is 0.296 e. The van der Waals surface area contributed by atoms with E-state index in [1.807, 2.05) is 24.3 Å². The number of hydrogen-bond donors (Lipinski definition) is 1. The lowest BCUT2D eigenvalue weighted by molar-refractivity contribution is 0.482. The Balaban J connectivity index is 2.36. The number of rotatable bonds is 1. The minimum Gasteiger partial charge on any atom is -0.282 e. The van der Waals surface area contributed by atoms with Crippen LogP contribution < -0.4 is 0 Å². The normalized spacial score (nSPS) is 13.2. The Morgan fingerprint density at radius 3 is 2.50 bits per heavy atom. The summed E-state index contributed by atoms with van der Waals surface area (Å²) in [5.74, 6) is 0. The number of halogens is 1. The number of hydrogen-bond acceptors (Lipinski definition) is 2. The van der Waals surface area contributed by atoms with Gasteiger partial charge in [-0.2, -0.15) is 8.42 Å². The molecule has 0 amide bonds. The van der Waals surface area contributed by atoms with Crippen LogP contribution in [-0.2, 0) is 16.5 Å². The first kappa shape index (κ1) is 11.7. The first-order chi connectivity index (χ1) is 8.48. The lowest BCUT2D eigenvalue weighted by Gasteiger charge is -2.07. The first-order valence-electron chi connectivity index (χ1n) is 5.35. The molecule has 0 saturated carbocycles. The standard InChI is InChI=1S/C13H9ClO3S/c14-12-6-5-10-9-4-2-1-3-8(9)7-11(10)13(12)18(15,16)17/h1-6H,7H2,(H,15,16,17). The summed E-state index contributed by atoms with van der Waals surface area (Å²) in [5, 5.41) is 0.0593. The van der Waals surface area contributed by atoms with E-state index in [1.54, 1.807) is 6.07 Å². The Morgan fingerprint density at radius 2 is 1.78 bits per heavy atom. The van der Waals surface area contributed by atoms with Gasteiger partial charge in [0.1, 0.15) is 4.90 Å². The van der Waals surface area contributed by atoms with Crippen LogP contribution in [0.4, 0.5) is 0 Å². The van der Waals surface area contributed by atoms with Crippen LogP contribution in [0.25, 0.3) is 11.1 Å². The van der Waals surface area contributed by atoms with E-state index in [-0.39, 0.29) is 9.92 Å². The molecule has 3 nitrogen and oxygen atoms in total. The Labute approximate surface area is 110 Å². The molecule has 5 heteroatoms. The molecule has 0 bridgehead atoms. The molecule has 18 heavy (non-hydrogen) atoms. The average Bonchev–Trinajstić information content (AvgIpc) is 2.64. The molecule has 2 aromatic rings. The molecule has 0 saturated heterocycles. The topological polar surface area (TPSA) is 54.4 Å². The highest BCUT2D eigenvalue weighted by Gasteiger charge is 2.27. The summed E-state index contributed by atoms with van der Waals surface area (Å²) in [6.45, 7) is 0. The number of fused-ring (bicyclic) bond motifs is 3. The predicted molar refractivity (Wildman–Crippen MR) is 69.5 cm³/mol. The molecular weight excluding hydrogens is 272 g/mol. The quantitative estimate of drug-likeness (QED) is 0.697. The van der Waals surface area contributed by atoms with Gasteiger partial charge in [0.05, 0.1) is 5.02 Å². The van der Waals surface area contributed by atoms with E-state index < -0.39 is 10.1 Å². The zero-order chi connectivity index (χ0) is 12.9. The van der Waals surface area contributed by atoms with Gasteiger partial charge in [-0.15, -0.1) is 0 Å².